The molecule has 0 amide bonds. The Morgan fingerprint density at radius 1 is 1.41 bits per heavy atom. The molecule has 0 radical (unpaired) electrons. The average molecular weight is 323 g/mol. The van der Waals surface area contributed by atoms with Gasteiger partial charge in [-0.15, -0.1) is 21.5 Å². The van der Waals surface area contributed by atoms with Gasteiger partial charge in [0.25, 0.3) is 0 Å². The van der Waals surface area contributed by atoms with E-state index in [-0.39, 0.29) is 0 Å². The molecule has 1 saturated heterocycles. The van der Waals surface area contributed by atoms with Gasteiger partial charge in [0, 0.05) is 20.1 Å². The van der Waals surface area contributed by atoms with E-state index in [9.17, 15) is 0 Å². The van der Waals surface area contributed by atoms with Crippen LogP contribution in [-0.4, -0.2) is 52.0 Å². The van der Waals surface area contributed by atoms with Gasteiger partial charge in [-0.1, -0.05) is 5.16 Å². The van der Waals surface area contributed by atoms with Gasteiger partial charge < -0.3 is 9.26 Å². The van der Waals surface area contributed by atoms with Crippen molar-refractivity contribution >= 4 is 11.3 Å². The molecule has 22 heavy (non-hydrogen) atoms. The van der Waals surface area contributed by atoms with Gasteiger partial charge in [-0.3, -0.25) is 4.90 Å². The summed E-state index contributed by atoms with van der Waals surface area (Å²) in [6, 6.07) is 0. The molecule has 3 heterocycles. The van der Waals surface area contributed by atoms with Crippen LogP contribution < -0.4 is 0 Å². The summed E-state index contributed by atoms with van der Waals surface area (Å²) in [7, 11) is 1.68. The quantitative estimate of drug-likeness (QED) is 0.802. The number of rotatable bonds is 6. The Morgan fingerprint density at radius 3 is 3.09 bits per heavy atom. The Bertz CT molecular complexity index is 600. The Morgan fingerprint density at radius 2 is 2.32 bits per heavy atom. The maximum Gasteiger partial charge on any atom is 0.231 e. The number of nitrogens with zero attached hydrogens (tertiary/aromatic N) is 5. The molecule has 0 unspecified atom stereocenters. The van der Waals surface area contributed by atoms with Crippen molar-refractivity contribution in [1.29, 1.82) is 0 Å². The van der Waals surface area contributed by atoms with Crippen LogP contribution in [0.1, 0.15) is 40.5 Å². The van der Waals surface area contributed by atoms with Crippen LogP contribution in [0.2, 0.25) is 0 Å². The van der Waals surface area contributed by atoms with E-state index in [2.05, 4.69) is 25.2 Å². The Hall–Kier alpha value is -1.38. The van der Waals surface area contributed by atoms with Crippen molar-refractivity contribution in [3.8, 4) is 0 Å². The minimum Gasteiger partial charge on any atom is -0.384 e. The molecule has 8 heteroatoms. The van der Waals surface area contributed by atoms with E-state index in [1.807, 2.05) is 6.92 Å². The first kappa shape index (κ1) is 15.5. The molecule has 120 valence electrons. The van der Waals surface area contributed by atoms with Gasteiger partial charge in [0.2, 0.25) is 5.89 Å². The average Bonchev–Trinajstić information content (AvgIpc) is 3.15. The van der Waals surface area contributed by atoms with Crippen LogP contribution in [0.3, 0.4) is 0 Å². The minimum absolute atomic E-state index is 0.312. The fourth-order valence-corrected chi connectivity index (χ4v) is 3.47. The zero-order valence-corrected chi connectivity index (χ0v) is 13.8. The first-order chi connectivity index (χ1) is 10.7. The van der Waals surface area contributed by atoms with Crippen molar-refractivity contribution in [2.24, 2.45) is 0 Å². The van der Waals surface area contributed by atoms with Crippen LogP contribution in [0.4, 0.5) is 0 Å². The van der Waals surface area contributed by atoms with E-state index in [0.29, 0.717) is 18.9 Å². The van der Waals surface area contributed by atoms with Crippen LogP contribution in [0.15, 0.2) is 4.52 Å². The van der Waals surface area contributed by atoms with Gasteiger partial charge in [0.1, 0.15) is 10.0 Å². The molecular weight excluding hydrogens is 302 g/mol. The van der Waals surface area contributed by atoms with Crippen LogP contribution >= 0.6 is 11.3 Å². The monoisotopic (exact) mass is 323 g/mol. The molecule has 1 aliphatic rings. The van der Waals surface area contributed by atoms with Crippen molar-refractivity contribution in [1.82, 2.24) is 25.2 Å². The number of hydrogen-bond donors (Lipinski definition) is 0. The predicted octanol–water partition coefficient (Wildman–Crippen LogP) is 1.80. The van der Waals surface area contributed by atoms with Crippen molar-refractivity contribution < 1.29 is 9.26 Å². The van der Waals surface area contributed by atoms with Crippen LogP contribution in [0.5, 0.6) is 0 Å². The first-order valence-electron chi connectivity index (χ1n) is 7.57. The maximum absolute atomic E-state index is 5.44. The molecule has 0 bridgehead atoms. The number of ether oxygens (including phenoxy) is 1. The third kappa shape index (κ3) is 3.88. The van der Waals surface area contributed by atoms with Crippen molar-refractivity contribution in [2.45, 2.75) is 38.6 Å². The number of likely N-dealkylation sites (tertiary alicyclic amines) is 1. The summed E-state index contributed by atoms with van der Waals surface area (Å²) in [5.74, 6) is 1.80. The summed E-state index contributed by atoms with van der Waals surface area (Å²) < 4.78 is 10.5. The third-order valence-electron chi connectivity index (χ3n) is 3.80. The number of aryl methyl sites for hydroxylation is 1. The van der Waals surface area contributed by atoms with E-state index in [1.165, 1.54) is 0 Å². The van der Waals surface area contributed by atoms with Gasteiger partial charge in [-0.05, 0) is 26.3 Å². The molecule has 0 saturated carbocycles. The smallest absolute Gasteiger partial charge is 0.231 e. The van der Waals surface area contributed by atoms with Crippen molar-refractivity contribution in [3.05, 3.63) is 21.7 Å². The molecule has 1 aliphatic heterocycles. The zero-order valence-electron chi connectivity index (χ0n) is 13.0. The van der Waals surface area contributed by atoms with Crippen LogP contribution in [0, 0.1) is 6.92 Å². The van der Waals surface area contributed by atoms with Crippen molar-refractivity contribution in [3.63, 3.8) is 0 Å². The van der Waals surface area contributed by atoms with Gasteiger partial charge in [-0.2, -0.15) is 4.98 Å². The normalized spacial score (nSPS) is 19.6. The lowest BCUT2D eigenvalue weighted by atomic mass is 9.98. The van der Waals surface area contributed by atoms with Gasteiger partial charge >= 0.3 is 0 Å². The molecule has 1 atom stereocenters. The third-order valence-corrected chi connectivity index (χ3v) is 4.62. The minimum atomic E-state index is 0.312. The summed E-state index contributed by atoms with van der Waals surface area (Å²) in [6.07, 6.45) is 2.93. The second kappa shape index (κ2) is 7.26. The molecule has 0 N–H and O–H groups in total. The fraction of sp³-hybridized carbons (Fsp3) is 0.714. The Balaban J connectivity index is 1.59. The number of methoxy groups -OCH3 is 1. The molecule has 7 nitrogen and oxygen atoms in total. The summed E-state index contributed by atoms with van der Waals surface area (Å²) in [5, 5.41) is 14.4. The van der Waals surface area contributed by atoms with E-state index >= 15 is 0 Å². The first-order valence-corrected chi connectivity index (χ1v) is 8.39. The van der Waals surface area contributed by atoms with E-state index < -0.39 is 0 Å². The predicted molar refractivity (Wildman–Crippen MR) is 81.8 cm³/mol. The number of piperidine rings is 1. The summed E-state index contributed by atoms with van der Waals surface area (Å²) in [4.78, 5) is 6.90. The van der Waals surface area contributed by atoms with Crippen LogP contribution in [0.25, 0.3) is 0 Å². The molecule has 1 fully saturated rings. The highest BCUT2D eigenvalue weighted by atomic mass is 32.1. The highest BCUT2D eigenvalue weighted by molar-refractivity contribution is 7.11. The van der Waals surface area contributed by atoms with E-state index in [4.69, 9.17) is 9.26 Å². The highest BCUT2D eigenvalue weighted by Crippen LogP contribution is 2.27. The Kier molecular flexibility index (Phi) is 5.12. The standard InChI is InChI=1S/C14H21N5O2S/c1-10-16-17-13(22-10)9-19-6-3-4-11(8-19)14-15-12(18-21-14)5-7-20-2/h11H,3-9H2,1-2H3/t11-/m0/s1. The molecule has 0 aromatic carbocycles. The van der Waals surface area contributed by atoms with Gasteiger partial charge in [0.05, 0.1) is 19.1 Å². The van der Waals surface area contributed by atoms with E-state index in [1.54, 1.807) is 18.4 Å². The van der Waals surface area contributed by atoms with Crippen molar-refractivity contribution in [2.75, 3.05) is 26.8 Å². The lowest BCUT2D eigenvalue weighted by Gasteiger charge is -2.29. The molecule has 2 aromatic heterocycles. The fourth-order valence-electron chi connectivity index (χ4n) is 2.72. The second-order valence-electron chi connectivity index (χ2n) is 5.58. The highest BCUT2D eigenvalue weighted by Gasteiger charge is 2.26. The zero-order chi connectivity index (χ0) is 15.4. The number of aromatic nitrogens is 4. The second-order valence-corrected chi connectivity index (χ2v) is 6.85. The lowest BCUT2D eigenvalue weighted by molar-refractivity contribution is 0.179. The topological polar surface area (TPSA) is 77.2 Å². The van der Waals surface area contributed by atoms with Crippen LogP contribution in [-0.2, 0) is 17.7 Å². The maximum atomic E-state index is 5.44. The molecular formula is C14H21N5O2S. The number of hydrogen-bond acceptors (Lipinski definition) is 8. The lowest BCUT2D eigenvalue weighted by Crippen LogP contribution is -2.34. The molecule has 0 aliphatic carbocycles. The molecule has 3 rings (SSSR count). The summed E-state index contributed by atoms with van der Waals surface area (Å²) in [6.45, 7) is 5.48. The van der Waals surface area contributed by atoms with Gasteiger partial charge in [-0.25, -0.2) is 0 Å². The molecule has 0 spiro atoms. The summed E-state index contributed by atoms with van der Waals surface area (Å²) >= 11 is 1.66. The Labute approximate surface area is 133 Å². The van der Waals surface area contributed by atoms with E-state index in [0.717, 1.165) is 54.2 Å². The largest absolute Gasteiger partial charge is 0.384 e. The summed E-state index contributed by atoms with van der Waals surface area (Å²) in [5.41, 5.74) is 0. The SMILES string of the molecule is COCCc1noc([C@H]2CCCN(Cc3nnc(C)s3)C2)n1. The van der Waals surface area contributed by atoms with Gasteiger partial charge in [0.15, 0.2) is 5.82 Å². The molecule has 2 aromatic rings.